The van der Waals surface area contributed by atoms with Crippen LogP contribution in [0.3, 0.4) is 0 Å². The summed E-state index contributed by atoms with van der Waals surface area (Å²) in [5.41, 5.74) is 14.5. The number of nitrogens with zero attached hydrogens (tertiary/aromatic N) is 6. The molecule has 3 aliphatic rings. The van der Waals surface area contributed by atoms with E-state index in [1.54, 1.807) is 65.9 Å². The van der Waals surface area contributed by atoms with E-state index in [4.69, 9.17) is 11.5 Å². The summed E-state index contributed by atoms with van der Waals surface area (Å²) in [7, 11) is -9.57. The van der Waals surface area contributed by atoms with Crippen LogP contribution in [0.25, 0.3) is 11.4 Å². The lowest BCUT2D eigenvalue weighted by Gasteiger charge is -2.22. The molecule has 67 heavy (non-hydrogen) atoms. The molecule has 0 amide bonds. The molecular formula is C48H70BrN9O6S3. The van der Waals surface area contributed by atoms with Crippen molar-refractivity contribution < 1.29 is 25.3 Å². The number of sulfone groups is 3. The maximum atomic E-state index is 11.8. The van der Waals surface area contributed by atoms with Crippen molar-refractivity contribution in [2.45, 2.75) is 130 Å². The molecular weight excluding hydrogens is 975 g/mol. The minimum atomic E-state index is -3.24. The summed E-state index contributed by atoms with van der Waals surface area (Å²) in [6, 6.07) is 16.1. The van der Waals surface area contributed by atoms with Gasteiger partial charge in [0.1, 0.15) is 0 Å². The highest BCUT2D eigenvalue weighted by Gasteiger charge is 2.21. The summed E-state index contributed by atoms with van der Waals surface area (Å²) in [5, 5.41) is 16.2. The van der Waals surface area contributed by atoms with Crippen molar-refractivity contribution in [2.24, 2.45) is 29.2 Å². The van der Waals surface area contributed by atoms with Gasteiger partial charge in [-0.25, -0.2) is 29.9 Å². The second-order valence-corrected chi connectivity index (χ2v) is 24.7. The number of hydrogen-bond acceptors (Lipinski definition) is 13. The Hall–Kier alpha value is -4.43. The topological polar surface area (TPSA) is 251 Å². The maximum Gasteiger partial charge on any atom is 0.175 e. The van der Waals surface area contributed by atoms with Crippen molar-refractivity contribution in [1.82, 2.24) is 36.1 Å². The fraction of sp³-hybridized carbons (Fsp3) is 0.500. The van der Waals surface area contributed by atoms with Crippen LogP contribution in [0.2, 0.25) is 0 Å². The van der Waals surface area contributed by atoms with Gasteiger partial charge in [-0.1, -0.05) is 136 Å². The number of aromatic nitrogens is 6. The van der Waals surface area contributed by atoms with Crippen LogP contribution in [0.4, 0.5) is 0 Å². The lowest BCUT2D eigenvalue weighted by atomic mass is 9.84. The molecule has 0 bridgehead atoms. The Morgan fingerprint density at radius 3 is 1.30 bits per heavy atom. The van der Waals surface area contributed by atoms with Crippen molar-refractivity contribution in [3.63, 3.8) is 0 Å². The highest BCUT2D eigenvalue weighted by atomic mass is 79.9. The van der Waals surface area contributed by atoms with E-state index >= 15 is 0 Å². The van der Waals surface area contributed by atoms with Crippen molar-refractivity contribution in [2.75, 3.05) is 18.8 Å². The molecule has 7 N–H and O–H groups in total. The Balaban J connectivity index is 0.000000210. The molecule has 3 aliphatic carbocycles. The van der Waals surface area contributed by atoms with Crippen molar-refractivity contribution in [3.05, 3.63) is 113 Å². The number of nitrogens with two attached hydrogens (primary N) is 2. The van der Waals surface area contributed by atoms with Crippen molar-refractivity contribution >= 4 is 45.4 Å². The molecule has 368 valence electrons. The van der Waals surface area contributed by atoms with E-state index < -0.39 is 29.5 Å². The van der Waals surface area contributed by atoms with Gasteiger partial charge in [-0.3, -0.25) is 0 Å². The average Bonchev–Trinajstić information content (AvgIpc) is 4.05. The molecule has 19 heteroatoms. The summed E-state index contributed by atoms with van der Waals surface area (Å²) in [5.74, 6) is 2.12. The van der Waals surface area contributed by atoms with Crippen LogP contribution < -0.4 is 17.6 Å². The van der Waals surface area contributed by atoms with E-state index in [2.05, 4.69) is 36.4 Å². The van der Waals surface area contributed by atoms with Crippen LogP contribution in [0.1, 0.15) is 113 Å². The first-order chi connectivity index (χ1) is 31.5. The molecule has 3 fully saturated rings. The molecule has 0 aliphatic heterocycles. The number of hydrogen-bond donors (Lipinski definition) is 3. The molecule has 2 heterocycles. The zero-order chi connectivity index (χ0) is 47.7. The van der Waals surface area contributed by atoms with E-state index in [9.17, 15) is 25.3 Å². The first-order valence-electron chi connectivity index (χ1n) is 22.9. The van der Waals surface area contributed by atoms with Crippen molar-refractivity contribution in [3.8, 4) is 11.4 Å². The van der Waals surface area contributed by atoms with Crippen LogP contribution in [-0.4, -0.2) is 74.0 Å². The molecule has 3 saturated carbocycles. The third-order valence-electron chi connectivity index (χ3n) is 12.5. The summed E-state index contributed by atoms with van der Waals surface area (Å²) in [6.07, 6.45) is 35.3. The average molecular weight is 1050 g/mol. The lowest BCUT2D eigenvalue weighted by molar-refractivity contribution is 0.356. The molecule has 0 unspecified atom stereocenters. The highest BCUT2D eigenvalue weighted by molar-refractivity contribution is 9.10. The normalized spacial score (nSPS) is 16.4. The molecule has 0 radical (unpaired) electrons. The molecule has 5 aromatic rings. The third kappa shape index (κ3) is 17.6. The molecule has 0 atom stereocenters. The Morgan fingerprint density at radius 2 is 0.925 bits per heavy atom. The van der Waals surface area contributed by atoms with E-state index in [-0.39, 0.29) is 6.15 Å². The summed E-state index contributed by atoms with van der Waals surface area (Å²) in [6.45, 7) is 0. The van der Waals surface area contributed by atoms with Crippen LogP contribution in [0, 0.1) is 17.8 Å². The molecule has 0 saturated heterocycles. The minimum absolute atomic E-state index is 0. The molecule has 15 nitrogen and oxygen atoms in total. The molecule has 3 aromatic carbocycles. The van der Waals surface area contributed by atoms with Crippen LogP contribution in [0.15, 0.2) is 111 Å². The van der Waals surface area contributed by atoms with Gasteiger partial charge in [-0.05, 0) is 90.1 Å². The van der Waals surface area contributed by atoms with Crippen molar-refractivity contribution in [1.29, 1.82) is 0 Å². The Bertz CT molecular complexity index is 2510. The van der Waals surface area contributed by atoms with Gasteiger partial charge < -0.3 is 17.6 Å². The van der Waals surface area contributed by atoms with Gasteiger partial charge in [0, 0.05) is 35.6 Å². The zero-order valence-corrected chi connectivity index (χ0v) is 43.3. The molecule has 0 spiro atoms. The van der Waals surface area contributed by atoms with Gasteiger partial charge in [0.15, 0.2) is 29.5 Å². The van der Waals surface area contributed by atoms with Gasteiger partial charge in [-0.15, -0.1) is 5.10 Å². The fourth-order valence-electron chi connectivity index (χ4n) is 9.00. The maximum absolute atomic E-state index is 11.8. The number of rotatable bonds is 11. The van der Waals surface area contributed by atoms with E-state index in [1.165, 1.54) is 138 Å². The zero-order valence-electron chi connectivity index (χ0n) is 39.2. The Labute approximate surface area is 407 Å². The third-order valence-corrected chi connectivity index (χ3v) is 16.6. The Kier molecular flexibility index (Phi) is 21.7. The summed E-state index contributed by atoms with van der Waals surface area (Å²) < 4.78 is 72.8. The fourth-order valence-corrected chi connectivity index (χ4v) is 11.6. The van der Waals surface area contributed by atoms with Gasteiger partial charge in [0.05, 0.1) is 50.8 Å². The lowest BCUT2D eigenvalue weighted by Crippen LogP contribution is -2.13. The van der Waals surface area contributed by atoms with Gasteiger partial charge >= 0.3 is 0 Å². The van der Waals surface area contributed by atoms with Gasteiger partial charge in [-0.2, -0.15) is 15.0 Å². The van der Waals surface area contributed by atoms with Gasteiger partial charge in [0.2, 0.25) is 0 Å². The van der Waals surface area contributed by atoms with Crippen LogP contribution >= 0.6 is 15.9 Å². The quantitative estimate of drug-likeness (QED) is 0.112. The second kappa shape index (κ2) is 26.4. The first kappa shape index (κ1) is 55.2. The SMILES string of the molecule is CS(=O)(=O)c1ccc(CC2CCCCC2)c(-n2ccnn2)c1.CS(=O)(=O)c1ccc(CC2CCCCC2)c(-n2nccn2)c1.CS(=O)(=O)c1ccc(CC2CCCCC2)c(Br)c1.N.N/C=C\N. The summed E-state index contributed by atoms with van der Waals surface area (Å²) >= 11 is 3.50. The highest BCUT2D eigenvalue weighted by Crippen LogP contribution is 2.33. The van der Waals surface area contributed by atoms with E-state index in [0.29, 0.717) is 26.5 Å². The monoisotopic (exact) mass is 1040 g/mol. The Morgan fingerprint density at radius 1 is 0.552 bits per heavy atom. The number of halogens is 1. The first-order valence-corrected chi connectivity index (χ1v) is 29.4. The standard InChI is InChI=1S/2C16H21N3O2S.C14H19BrO2S.C2H6N2.H3N/c1-22(20,21)15-8-7-14(11-13-5-3-2-4-6-13)16(12-15)19-10-9-17-18-19;1-22(20,21)15-8-7-14(11-13-5-3-2-4-6-13)16(12-15)19-17-9-10-18-19;1-18(16,17)13-8-7-12(14(15)10-13)9-11-5-3-2-4-6-11;3-1-2-4;/h2*7-10,12-13H,2-6,11H2,1H3;7-8,10-11H,2-6,9H2,1H3;1-2H,3-4H2;1H3/b;;;2-1-;. The summed E-state index contributed by atoms with van der Waals surface area (Å²) in [4.78, 5) is 2.55. The minimum Gasteiger partial charge on any atom is -0.403 e. The van der Waals surface area contributed by atoms with Gasteiger partial charge in [0.25, 0.3) is 0 Å². The largest absolute Gasteiger partial charge is 0.403 e. The second-order valence-electron chi connectivity index (χ2n) is 17.8. The molecule has 8 rings (SSSR count). The predicted molar refractivity (Wildman–Crippen MR) is 270 cm³/mol. The smallest absolute Gasteiger partial charge is 0.175 e. The van der Waals surface area contributed by atoms with E-state index in [1.807, 2.05) is 18.2 Å². The van der Waals surface area contributed by atoms with Crippen LogP contribution in [0.5, 0.6) is 0 Å². The number of benzene rings is 3. The van der Waals surface area contributed by atoms with E-state index in [0.717, 1.165) is 52.2 Å². The van der Waals surface area contributed by atoms with Crippen LogP contribution in [-0.2, 0) is 48.8 Å². The molecule has 2 aromatic heterocycles. The predicted octanol–water partition coefficient (Wildman–Crippen LogP) is 9.10.